The van der Waals surface area contributed by atoms with Crippen LogP contribution in [0.25, 0.3) is 0 Å². The van der Waals surface area contributed by atoms with Crippen molar-refractivity contribution in [3.05, 3.63) is 12.2 Å². The first-order valence-electron chi connectivity index (χ1n) is 6.55. The molecule has 20 heavy (non-hydrogen) atoms. The van der Waals surface area contributed by atoms with Crippen molar-refractivity contribution in [1.82, 2.24) is 0 Å². The number of ether oxygens (including phenoxy) is 2. The van der Waals surface area contributed by atoms with E-state index in [0.29, 0.717) is 0 Å². The summed E-state index contributed by atoms with van der Waals surface area (Å²) in [6.45, 7) is 0. The van der Waals surface area contributed by atoms with Crippen LogP contribution in [0.5, 0.6) is 0 Å². The van der Waals surface area contributed by atoms with Crippen molar-refractivity contribution in [2.75, 3.05) is 14.2 Å². The van der Waals surface area contributed by atoms with Gasteiger partial charge in [0.2, 0.25) is 0 Å². The van der Waals surface area contributed by atoms with Crippen LogP contribution in [0, 0.1) is 45.3 Å². The van der Waals surface area contributed by atoms with Gasteiger partial charge < -0.3 is 15.2 Å². The summed E-state index contributed by atoms with van der Waals surface area (Å²) < 4.78 is 10.9. The molecular formula is C14H16N4O2. The SMILES string of the molecule is COC1(OC)N=C(N)[C@@]2(C#N)[C@@H]3C=C[C@@H](CC3)[C@@]12C#N. The van der Waals surface area contributed by atoms with E-state index in [2.05, 4.69) is 17.1 Å². The largest absolute Gasteiger partial charge is 0.386 e. The van der Waals surface area contributed by atoms with Gasteiger partial charge in [0, 0.05) is 26.1 Å². The Labute approximate surface area is 117 Å². The van der Waals surface area contributed by atoms with Gasteiger partial charge in [0.25, 0.3) is 5.91 Å². The average molecular weight is 272 g/mol. The third kappa shape index (κ3) is 0.985. The summed E-state index contributed by atoms with van der Waals surface area (Å²) in [5.74, 6) is -1.67. The van der Waals surface area contributed by atoms with Crippen molar-refractivity contribution in [3.8, 4) is 12.1 Å². The summed E-state index contributed by atoms with van der Waals surface area (Å²) in [5.41, 5.74) is 3.68. The highest BCUT2D eigenvalue weighted by molar-refractivity contribution is 5.94. The monoisotopic (exact) mass is 272 g/mol. The van der Waals surface area contributed by atoms with Crippen LogP contribution in [-0.2, 0) is 9.47 Å². The number of amidine groups is 1. The number of rotatable bonds is 2. The first-order valence-corrected chi connectivity index (χ1v) is 6.55. The van der Waals surface area contributed by atoms with Crippen LogP contribution < -0.4 is 5.73 Å². The van der Waals surface area contributed by atoms with Gasteiger partial charge in [-0.3, -0.25) is 0 Å². The van der Waals surface area contributed by atoms with Crippen LogP contribution in [0.3, 0.4) is 0 Å². The summed E-state index contributed by atoms with van der Waals surface area (Å²) in [7, 11) is 2.86. The second-order valence-corrected chi connectivity index (χ2v) is 5.50. The number of allylic oxidation sites excluding steroid dienone is 2. The fourth-order valence-electron chi connectivity index (χ4n) is 4.30. The molecule has 0 spiro atoms. The summed E-state index contributed by atoms with van der Waals surface area (Å²) in [5, 5.41) is 19.8. The Morgan fingerprint density at radius 3 is 2.25 bits per heavy atom. The highest BCUT2D eigenvalue weighted by atomic mass is 16.7. The molecule has 4 aliphatic rings. The van der Waals surface area contributed by atoms with E-state index in [1.807, 2.05) is 12.2 Å². The van der Waals surface area contributed by atoms with Crippen molar-refractivity contribution in [2.24, 2.45) is 33.4 Å². The van der Waals surface area contributed by atoms with Gasteiger partial charge >= 0.3 is 0 Å². The number of hydrogen-bond acceptors (Lipinski definition) is 6. The highest BCUT2D eigenvalue weighted by Crippen LogP contribution is 2.68. The standard InChI is InChI=1S/C14H16N4O2/c1-19-14(20-2)13(8-16)10-5-3-9(4-6-10)12(13,7-15)11(17)18-14/h3,5,9-10H,4,6H2,1-2H3,(H2,17,18)/t9-,10+,12-,13-/m1/s1. The highest BCUT2D eigenvalue weighted by Gasteiger charge is 2.79. The van der Waals surface area contributed by atoms with Crippen LogP contribution in [-0.4, -0.2) is 26.0 Å². The lowest BCUT2D eigenvalue weighted by molar-refractivity contribution is -0.280. The number of aliphatic imine (C=N–C) groups is 1. The van der Waals surface area contributed by atoms with Crippen LogP contribution >= 0.6 is 0 Å². The molecule has 0 aromatic heterocycles. The summed E-state index contributed by atoms with van der Waals surface area (Å²) in [6.07, 6.45) is 5.58. The zero-order valence-electron chi connectivity index (χ0n) is 11.5. The normalized spacial score (nSPS) is 43.5. The smallest absolute Gasteiger partial charge is 0.292 e. The van der Waals surface area contributed by atoms with Gasteiger partial charge in [0.05, 0.1) is 12.1 Å². The minimum atomic E-state index is -1.52. The molecule has 0 amide bonds. The number of nitrogens with zero attached hydrogens (tertiary/aromatic N) is 3. The number of nitrogens with two attached hydrogens (primary N) is 1. The van der Waals surface area contributed by atoms with Gasteiger partial charge in [-0.1, -0.05) is 12.2 Å². The Hall–Kier alpha value is -1.89. The molecule has 1 aliphatic heterocycles. The molecule has 2 N–H and O–H groups in total. The lowest BCUT2D eigenvalue weighted by Crippen LogP contribution is -2.65. The van der Waals surface area contributed by atoms with Crippen molar-refractivity contribution in [1.29, 1.82) is 10.5 Å². The van der Waals surface area contributed by atoms with Gasteiger partial charge in [-0.25, -0.2) is 4.99 Å². The van der Waals surface area contributed by atoms with E-state index in [-0.39, 0.29) is 17.7 Å². The summed E-state index contributed by atoms with van der Waals surface area (Å²) in [6, 6.07) is 4.59. The first kappa shape index (κ1) is 13.1. The molecule has 1 saturated carbocycles. The average Bonchev–Trinajstić information content (AvgIpc) is 2.76. The Morgan fingerprint density at radius 2 is 1.80 bits per heavy atom. The maximum Gasteiger partial charge on any atom is 0.292 e. The van der Waals surface area contributed by atoms with E-state index in [1.54, 1.807) is 0 Å². The second-order valence-electron chi connectivity index (χ2n) is 5.50. The van der Waals surface area contributed by atoms with E-state index in [0.717, 1.165) is 12.8 Å². The lowest BCUT2D eigenvalue weighted by atomic mass is 9.45. The van der Waals surface area contributed by atoms with Gasteiger partial charge in [0.1, 0.15) is 11.3 Å². The van der Waals surface area contributed by atoms with Gasteiger partial charge in [-0.15, -0.1) is 0 Å². The zero-order chi connectivity index (χ0) is 14.6. The maximum absolute atomic E-state index is 9.96. The molecule has 4 atom stereocenters. The maximum atomic E-state index is 9.96. The third-order valence-corrected chi connectivity index (χ3v) is 5.17. The fraction of sp³-hybridized carbons (Fsp3) is 0.643. The molecule has 1 heterocycles. The Bertz CT molecular complexity index is 595. The van der Waals surface area contributed by atoms with Gasteiger partial charge in [-0.05, 0) is 12.8 Å². The van der Waals surface area contributed by atoms with Crippen LogP contribution in [0.4, 0.5) is 0 Å². The minimum absolute atomic E-state index is 0.131. The molecular weight excluding hydrogens is 256 g/mol. The first-order chi connectivity index (χ1) is 9.58. The van der Waals surface area contributed by atoms with E-state index in [4.69, 9.17) is 15.2 Å². The van der Waals surface area contributed by atoms with Crippen molar-refractivity contribution in [2.45, 2.75) is 18.8 Å². The Kier molecular flexibility index (Phi) is 2.50. The Morgan fingerprint density at radius 1 is 1.20 bits per heavy atom. The molecule has 6 heteroatoms. The number of hydrogen-bond donors (Lipinski definition) is 1. The zero-order valence-corrected chi connectivity index (χ0v) is 11.5. The van der Waals surface area contributed by atoms with E-state index < -0.39 is 16.7 Å². The number of methoxy groups -OCH3 is 2. The number of fused-ring (bicyclic) bond motifs is 1. The summed E-state index contributed by atoms with van der Waals surface area (Å²) in [4.78, 5) is 4.29. The third-order valence-electron chi connectivity index (χ3n) is 5.17. The topological polar surface area (TPSA) is 104 Å². The van der Waals surface area contributed by atoms with E-state index in [9.17, 15) is 10.5 Å². The van der Waals surface area contributed by atoms with Crippen molar-refractivity contribution < 1.29 is 9.47 Å². The second kappa shape index (κ2) is 3.82. The quantitative estimate of drug-likeness (QED) is 0.594. The molecule has 0 aromatic carbocycles. The summed E-state index contributed by atoms with van der Waals surface area (Å²) >= 11 is 0. The molecule has 0 saturated heterocycles. The van der Waals surface area contributed by atoms with Crippen LogP contribution in [0.15, 0.2) is 17.1 Å². The van der Waals surface area contributed by atoms with Crippen LogP contribution in [0.1, 0.15) is 12.8 Å². The van der Waals surface area contributed by atoms with Gasteiger partial charge in [0.15, 0.2) is 5.41 Å². The minimum Gasteiger partial charge on any atom is -0.386 e. The Balaban J connectivity index is 2.37. The molecule has 0 aromatic rings. The fourth-order valence-corrected chi connectivity index (χ4v) is 4.30. The molecule has 0 unspecified atom stereocenters. The molecule has 4 rings (SSSR count). The predicted molar refractivity (Wildman–Crippen MR) is 69.8 cm³/mol. The molecule has 6 nitrogen and oxygen atoms in total. The van der Waals surface area contributed by atoms with Crippen LogP contribution in [0.2, 0.25) is 0 Å². The lowest BCUT2D eigenvalue weighted by Gasteiger charge is -2.55. The molecule has 2 bridgehead atoms. The molecule has 104 valence electrons. The van der Waals surface area contributed by atoms with E-state index in [1.165, 1.54) is 14.2 Å². The van der Waals surface area contributed by atoms with Crippen molar-refractivity contribution >= 4 is 5.84 Å². The molecule has 3 aliphatic carbocycles. The molecule has 0 radical (unpaired) electrons. The number of nitriles is 2. The van der Waals surface area contributed by atoms with Crippen molar-refractivity contribution in [3.63, 3.8) is 0 Å². The predicted octanol–water partition coefficient (Wildman–Crippen LogP) is 0.920. The van der Waals surface area contributed by atoms with E-state index >= 15 is 0 Å². The van der Waals surface area contributed by atoms with Gasteiger partial charge in [-0.2, -0.15) is 10.5 Å². The molecule has 1 fully saturated rings.